The lowest BCUT2D eigenvalue weighted by Gasteiger charge is -2.29. The molecule has 1 aliphatic heterocycles. The highest BCUT2D eigenvalue weighted by atomic mass is 19.1. The fourth-order valence-electron chi connectivity index (χ4n) is 3.48. The fraction of sp³-hybridized carbons (Fsp3) is 0.278. The van der Waals surface area contributed by atoms with Crippen LogP contribution in [-0.2, 0) is 4.79 Å². The van der Waals surface area contributed by atoms with Gasteiger partial charge in [0.25, 0.3) is 5.56 Å². The normalized spacial score (nSPS) is 15.6. The van der Waals surface area contributed by atoms with Crippen LogP contribution < -0.4 is 5.56 Å². The number of carbonyl (C=O) groups is 1. The molecule has 3 heterocycles. The third-order valence-electron chi connectivity index (χ3n) is 4.80. The van der Waals surface area contributed by atoms with Crippen LogP contribution in [0.15, 0.2) is 41.3 Å². The largest absolute Gasteiger partial charge is 0.345 e. The summed E-state index contributed by atoms with van der Waals surface area (Å²) in [7, 11) is 0. The number of carbonyl (C=O) groups excluding carboxylic acids is 1. The molecular weight excluding hydrogens is 323 g/mol. The maximum Gasteiger partial charge on any atom is 0.251 e. The average Bonchev–Trinajstić information content (AvgIpc) is 3.05. The van der Waals surface area contributed by atoms with Gasteiger partial charge in [-0.2, -0.15) is 5.10 Å². The zero-order valence-electron chi connectivity index (χ0n) is 13.5. The lowest BCUT2D eigenvalue weighted by atomic mass is 9.93. The molecule has 3 aromatic rings. The van der Waals surface area contributed by atoms with Crippen molar-refractivity contribution in [2.45, 2.75) is 18.8 Å². The topological polar surface area (TPSA) is 70.5 Å². The number of fused-ring (bicyclic) bond motifs is 1. The number of nitrogens with zero attached hydrogens (tertiary/aromatic N) is 3. The van der Waals surface area contributed by atoms with Crippen molar-refractivity contribution in [3.8, 4) is 11.1 Å². The van der Waals surface area contributed by atoms with Gasteiger partial charge in [0.2, 0.25) is 6.41 Å². The fourth-order valence-corrected chi connectivity index (χ4v) is 3.48. The maximum absolute atomic E-state index is 14.2. The lowest BCUT2D eigenvalue weighted by molar-refractivity contribution is -0.119. The van der Waals surface area contributed by atoms with E-state index in [4.69, 9.17) is 0 Å². The third kappa shape index (κ3) is 2.71. The Balaban J connectivity index is 1.81. The molecule has 0 atom stereocenters. The molecule has 0 bridgehead atoms. The monoisotopic (exact) mass is 340 g/mol. The Morgan fingerprint density at radius 2 is 1.96 bits per heavy atom. The van der Waals surface area contributed by atoms with Crippen molar-refractivity contribution in [3.05, 3.63) is 58.4 Å². The Kier molecular flexibility index (Phi) is 3.83. The number of benzene rings is 1. The van der Waals surface area contributed by atoms with Crippen LogP contribution in [0.1, 0.15) is 24.5 Å². The van der Waals surface area contributed by atoms with Crippen molar-refractivity contribution in [3.63, 3.8) is 0 Å². The molecule has 6 nitrogen and oxygen atoms in total. The molecule has 0 aliphatic carbocycles. The second kappa shape index (κ2) is 6.16. The molecule has 0 unspecified atom stereocenters. The first kappa shape index (κ1) is 15.6. The summed E-state index contributed by atoms with van der Waals surface area (Å²) in [6.07, 6.45) is 3.97. The predicted octanol–water partition coefficient (Wildman–Crippen LogP) is 2.16. The smallest absolute Gasteiger partial charge is 0.251 e. The quantitative estimate of drug-likeness (QED) is 0.743. The van der Waals surface area contributed by atoms with Crippen LogP contribution in [0.3, 0.4) is 0 Å². The molecule has 25 heavy (non-hydrogen) atoms. The highest BCUT2D eigenvalue weighted by Gasteiger charge is 2.24. The molecule has 1 amide bonds. The van der Waals surface area contributed by atoms with Crippen molar-refractivity contribution in [2.24, 2.45) is 0 Å². The molecule has 1 fully saturated rings. The van der Waals surface area contributed by atoms with Gasteiger partial charge in [0.05, 0.1) is 11.9 Å². The summed E-state index contributed by atoms with van der Waals surface area (Å²) >= 11 is 0. The number of hydrogen-bond acceptors (Lipinski definition) is 3. The van der Waals surface area contributed by atoms with Gasteiger partial charge < -0.3 is 9.88 Å². The van der Waals surface area contributed by atoms with E-state index in [1.54, 1.807) is 39.9 Å². The van der Waals surface area contributed by atoms with Crippen LogP contribution in [-0.4, -0.2) is 39.0 Å². The van der Waals surface area contributed by atoms with Gasteiger partial charge in [-0.25, -0.2) is 8.91 Å². The van der Waals surface area contributed by atoms with Gasteiger partial charge in [-0.3, -0.25) is 9.59 Å². The van der Waals surface area contributed by atoms with Gasteiger partial charge in [0.1, 0.15) is 11.5 Å². The summed E-state index contributed by atoms with van der Waals surface area (Å²) in [6.45, 7) is 1.31. The van der Waals surface area contributed by atoms with Crippen molar-refractivity contribution >= 4 is 12.1 Å². The third-order valence-corrected chi connectivity index (χ3v) is 4.80. The van der Waals surface area contributed by atoms with Crippen molar-refractivity contribution < 1.29 is 9.18 Å². The van der Waals surface area contributed by atoms with E-state index < -0.39 is 0 Å². The Morgan fingerprint density at radius 3 is 2.68 bits per heavy atom. The number of H-pyrrole nitrogens is 1. The van der Waals surface area contributed by atoms with Crippen molar-refractivity contribution in [1.82, 2.24) is 19.5 Å². The lowest BCUT2D eigenvalue weighted by Crippen LogP contribution is -2.32. The van der Waals surface area contributed by atoms with Crippen LogP contribution in [0, 0.1) is 5.82 Å². The second-order valence-electron chi connectivity index (χ2n) is 6.27. The van der Waals surface area contributed by atoms with Gasteiger partial charge in [-0.15, -0.1) is 0 Å². The van der Waals surface area contributed by atoms with Gasteiger partial charge in [0.15, 0.2) is 0 Å². The Labute approximate surface area is 142 Å². The van der Waals surface area contributed by atoms with Crippen LogP contribution in [0.5, 0.6) is 0 Å². The van der Waals surface area contributed by atoms with E-state index in [-0.39, 0.29) is 17.3 Å². The zero-order valence-corrected chi connectivity index (χ0v) is 13.5. The zero-order chi connectivity index (χ0) is 17.4. The first-order valence-electron chi connectivity index (χ1n) is 8.22. The minimum atomic E-state index is -0.358. The van der Waals surface area contributed by atoms with Crippen LogP contribution in [0.25, 0.3) is 16.8 Å². The van der Waals surface area contributed by atoms with Gasteiger partial charge in [0, 0.05) is 36.2 Å². The number of amides is 1. The Hall–Kier alpha value is -2.96. The number of aromatic amines is 1. The summed E-state index contributed by atoms with van der Waals surface area (Å²) in [6, 6.07) is 7.97. The van der Waals surface area contributed by atoms with Crippen molar-refractivity contribution in [1.29, 1.82) is 0 Å². The Bertz CT molecular complexity index is 986. The molecule has 128 valence electrons. The summed E-state index contributed by atoms with van der Waals surface area (Å²) in [5.41, 5.74) is 2.01. The summed E-state index contributed by atoms with van der Waals surface area (Å²) in [5, 5.41) is 4.39. The van der Waals surface area contributed by atoms with E-state index >= 15 is 0 Å². The van der Waals surface area contributed by atoms with Crippen molar-refractivity contribution in [2.75, 3.05) is 13.1 Å². The molecule has 0 radical (unpaired) electrons. The number of hydrogen-bond donors (Lipinski definition) is 1. The van der Waals surface area contributed by atoms with Crippen LogP contribution in [0.4, 0.5) is 4.39 Å². The number of nitrogens with one attached hydrogen (secondary N) is 1. The molecule has 0 spiro atoms. The number of likely N-dealkylation sites (tertiary alicyclic amines) is 1. The highest BCUT2D eigenvalue weighted by molar-refractivity contribution is 5.77. The van der Waals surface area contributed by atoms with Crippen LogP contribution in [0.2, 0.25) is 0 Å². The average molecular weight is 340 g/mol. The van der Waals surface area contributed by atoms with Crippen LogP contribution >= 0.6 is 0 Å². The first-order valence-corrected chi connectivity index (χ1v) is 8.22. The molecule has 0 saturated carbocycles. The summed E-state index contributed by atoms with van der Waals surface area (Å²) in [4.78, 5) is 27.6. The molecule has 1 aromatic carbocycles. The first-order chi connectivity index (χ1) is 12.2. The van der Waals surface area contributed by atoms with E-state index in [1.807, 2.05) is 0 Å². The molecule has 2 aromatic heterocycles. The molecule has 1 saturated heterocycles. The van der Waals surface area contributed by atoms with E-state index in [0.717, 1.165) is 24.9 Å². The SMILES string of the molecule is O=CN1CCC(c2cc(=O)[nH]c3c(-c4ccccc4F)cnn23)CC1. The van der Waals surface area contributed by atoms with Gasteiger partial charge in [-0.05, 0) is 18.9 Å². The van der Waals surface area contributed by atoms with Gasteiger partial charge >= 0.3 is 0 Å². The number of piperidine rings is 1. The number of rotatable bonds is 3. The maximum atomic E-state index is 14.2. The number of halogens is 1. The highest BCUT2D eigenvalue weighted by Crippen LogP contribution is 2.30. The summed E-state index contributed by atoms with van der Waals surface area (Å²) in [5.74, 6) is -0.225. The minimum Gasteiger partial charge on any atom is -0.345 e. The molecular formula is C18H17FN4O2. The van der Waals surface area contributed by atoms with E-state index in [1.165, 1.54) is 6.07 Å². The van der Waals surface area contributed by atoms with E-state index in [9.17, 15) is 14.0 Å². The second-order valence-corrected chi connectivity index (χ2v) is 6.27. The van der Waals surface area contributed by atoms with E-state index in [2.05, 4.69) is 10.1 Å². The molecule has 1 N–H and O–H groups in total. The predicted molar refractivity (Wildman–Crippen MR) is 90.8 cm³/mol. The van der Waals surface area contributed by atoms with E-state index in [0.29, 0.717) is 29.9 Å². The molecule has 4 rings (SSSR count). The number of aromatic nitrogens is 3. The van der Waals surface area contributed by atoms with Gasteiger partial charge in [-0.1, -0.05) is 18.2 Å². The molecule has 1 aliphatic rings. The standard InChI is InChI=1S/C18H17FN4O2/c19-15-4-2-1-3-13(15)14-10-20-23-16(9-17(25)21-18(14)23)12-5-7-22(11-24)8-6-12/h1-4,9-12H,5-8H2,(H,21,25). The Morgan fingerprint density at radius 1 is 1.20 bits per heavy atom. The molecule has 7 heteroatoms. The minimum absolute atomic E-state index is 0.134. The summed E-state index contributed by atoms with van der Waals surface area (Å²) < 4.78 is 15.8.